The molecule has 1 N–H and O–H groups in total. The summed E-state index contributed by atoms with van der Waals surface area (Å²) in [6, 6.07) is 7.93. The van der Waals surface area contributed by atoms with Gasteiger partial charge in [0.2, 0.25) is 0 Å². The third kappa shape index (κ3) is 3.48. The molecule has 19 heavy (non-hydrogen) atoms. The topological polar surface area (TPSA) is 18.5 Å². The van der Waals surface area contributed by atoms with Crippen molar-refractivity contribution in [1.82, 2.24) is 10.2 Å². The molecule has 0 spiro atoms. The molecule has 2 unspecified atom stereocenters. The highest BCUT2D eigenvalue weighted by Crippen LogP contribution is 2.22. The van der Waals surface area contributed by atoms with Gasteiger partial charge >= 0.3 is 0 Å². The van der Waals surface area contributed by atoms with E-state index in [1.54, 1.807) is 0 Å². The number of hydrogen-bond donors (Lipinski definition) is 1. The second-order valence-electron chi connectivity index (χ2n) is 6.14. The van der Waals surface area contributed by atoms with E-state index in [0.717, 1.165) is 19.6 Å². The van der Waals surface area contributed by atoms with Crippen molar-refractivity contribution < 1.29 is 0 Å². The standard InChI is InChI=1S/C16H27N3/c1-12-6-7-16(8-13(12)2)19-11-15(10-18(4)5)17-9-14(19)3/h6-8,14-15,17H,9-11H2,1-5H3. The van der Waals surface area contributed by atoms with Crippen LogP contribution < -0.4 is 10.2 Å². The maximum absolute atomic E-state index is 3.64. The van der Waals surface area contributed by atoms with Gasteiger partial charge in [-0.1, -0.05) is 6.07 Å². The van der Waals surface area contributed by atoms with Crippen LogP contribution in [0.2, 0.25) is 0 Å². The Bertz CT molecular complexity index is 428. The van der Waals surface area contributed by atoms with Crippen LogP contribution in [0.1, 0.15) is 18.1 Å². The van der Waals surface area contributed by atoms with Gasteiger partial charge < -0.3 is 15.1 Å². The monoisotopic (exact) mass is 261 g/mol. The van der Waals surface area contributed by atoms with Crippen molar-refractivity contribution in [3.63, 3.8) is 0 Å². The van der Waals surface area contributed by atoms with Crippen LogP contribution >= 0.6 is 0 Å². The van der Waals surface area contributed by atoms with E-state index in [-0.39, 0.29) is 0 Å². The van der Waals surface area contributed by atoms with Gasteiger partial charge in [0.05, 0.1) is 0 Å². The van der Waals surface area contributed by atoms with Crippen LogP contribution in [0.5, 0.6) is 0 Å². The lowest BCUT2D eigenvalue weighted by molar-refractivity contribution is 0.307. The van der Waals surface area contributed by atoms with Gasteiger partial charge in [0.1, 0.15) is 0 Å². The number of likely N-dealkylation sites (N-methyl/N-ethyl adjacent to an activating group) is 1. The number of rotatable bonds is 3. The highest BCUT2D eigenvalue weighted by Gasteiger charge is 2.25. The minimum Gasteiger partial charge on any atom is -0.366 e. The summed E-state index contributed by atoms with van der Waals surface area (Å²) < 4.78 is 0. The van der Waals surface area contributed by atoms with Gasteiger partial charge in [-0.3, -0.25) is 0 Å². The third-order valence-corrected chi connectivity index (χ3v) is 4.06. The lowest BCUT2D eigenvalue weighted by Crippen LogP contribution is -2.58. The second-order valence-corrected chi connectivity index (χ2v) is 6.14. The molecule has 1 saturated heterocycles. The molecule has 0 radical (unpaired) electrons. The Hall–Kier alpha value is -1.06. The normalized spacial score (nSPS) is 24.0. The van der Waals surface area contributed by atoms with Crippen molar-refractivity contribution in [1.29, 1.82) is 0 Å². The number of nitrogens with one attached hydrogen (secondary N) is 1. The Labute approximate surface area is 117 Å². The minimum atomic E-state index is 0.549. The van der Waals surface area contributed by atoms with E-state index in [1.165, 1.54) is 16.8 Å². The molecular formula is C16H27N3. The number of aryl methyl sites for hydroxylation is 2. The van der Waals surface area contributed by atoms with Gasteiger partial charge in [-0.15, -0.1) is 0 Å². The molecule has 2 atom stereocenters. The molecule has 0 saturated carbocycles. The van der Waals surface area contributed by atoms with Crippen LogP contribution in [0.25, 0.3) is 0 Å². The lowest BCUT2D eigenvalue weighted by Gasteiger charge is -2.41. The first-order valence-electron chi connectivity index (χ1n) is 7.19. The van der Waals surface area contributed by atoms with E-state index in [0.29, 0.717) is 12.1 Å². The first-order chi connectivity index (χ1) is 8.97. The van der Waals surface area contributed by atoms with Crippen molar-refractivity contribution in [2.75, 3.05) is 38.6 Å². The zero-order valence-electron chi connectivity index (χ0n) is 12.9. The van der Waals surface area contributed by atoms with E-state index in [9.17, 15) is 0 Å². The van der Waals surface area contributed by atoms with Crippen LogP contribution in [0.3, 0.4) is 0 Å². The highest BCUT2D eigenvalue weighted by molar-refractivity contribution is 5.52. The van der Waals surface area contributed by atoms with Gasteiger partial charge in [-0.05, 0) is 58.1 Å². The van der Waals surface area contributed by atoms with E-state index in [2.05, 4.69) is 68.2 Å². The number of anilines is 1. The summed E-state index contributed by atoms with van der Waals surface area (Å²) in [6.45, 7) is 9.91. The maximum atomic E-state index is 3.64. The molecule has 3 nitrogen and oxygen atoms in total. The number of piperazine rings is 1. The molecule has 106 valence electrons. The summed E-state index contributed by atoms with van der Waals surface area (Å²) in [5.74, 6) is 0. The van der Waals surface area contributed by atoms with Crippen molar-refractivity contribution in [3.8, 4) is 0 Å². The smallest absolute Gasteiger partial charge is 0.0387 e. The Morgan fingerprint density at radius 3 is 2.63 bits per heavy atom. The van der Waals surface area contributed by atoms with E-state index >= 15 is 0 Å². The molecule has 2 rings (SSSR count). The van der Waals surface area contributed by atoms with Crippen molar-refractivity contribution in [3.05, 3.63) is 29.3 Å². The Morgan fingerprint density at radius 2 is 2.00 bits per heavy atom. The maximum Gasteiger partial charge on any atom is 0.0387 e. The molecular weight excluding hydrogens is 234 g/mol. The van der Waals surface area contributed by atoms with Gasteiger partial charge in [-0.2, -0.15) is 0 Å². The van der Waals surface area contributed by atoms with Gasteiger partial charge in [-0.25, -0.2) is 0 Å². The number of nitrogens with zero attached hydrogens (tertiary/aromatic N) is 2. The fraction of sp³-hybridized carbons (Fsp3) is 0.625. The first kappa shape index (κ1) is 14.4. The fourth-order valence-electron chi connectivity index (χ4n) is 2.76. The van der Waals surface area contributed by atoms with Crippen molar-refractivity contribution >= 4 is 5.69 Å². The average Bonchev–Trinajstić information content (AvgIpc) is 2.34. The molecule has 1 aliphatic heterocycles. The summed E-state index contributed by atoms with van der Waals surface area (Å²) in [5, 5.41) is 3.64. The van der Waals surface area contributed by atoms with Crippen LogP contribution in [0.15, 0.2) is 18.2 Å². The fourth-order valence-corrected chi connectivity index (χ4v) is 2.76. The molecule has 1 aliphatic rings. The molecule has 0 aliphatic carbocycles. The summed E-state index contributed by atoms with van der Waals surface area (Å²) >= 11 is 0. The number of hydrogen-bond acceptors (Lipinski definition) is 3. The van der Waals surface area contributed by atoms with Crippen molar-refractivity contribution in [2.45, 2.75) is 32.9 Å². The number of benzene rings is 1. The van der Waals surface area contributed by atoms with Crippen LogP contribution in [-0.4, -0.2) is 50.7 Å². The predicted molar refractivity (Wildman–Crippen MR) is 83.1 cm³/mol. The zero-order chi connectivity index (χ0) is 14.0. The Kier molecular flexibility index (Phi) is 4.48. The average molecular weight is 261 g/mol. The van der Waals surface area contributed by atoms with Crippen LogP contribution in [-0.2, 0) is 0 Å². The van der Waals surface area contributed by atoms with E-state index in [4.69, 9.17) is 0 Å². The SMILES string of the molecule is Cc1ccc(N2CC(CN(C)C)NCC2C)cc1C. The van der Waals surface area contributed by atoms with Crippen molar-refractivity contribution in [2.24, 2.45) is 0 Å². The summed E-state index contributed by atoms with van der Waals surface area (Å²) in [7, 11) is 4.28. The molecule has 1 heterocycles. The molecule has 0 bridgehead atoms. The largest absolute Gasteiger partial charge is 0.366 e. The van der Waals surface area contributed by atoms with E-state index in [1.807, 2.05) is 0 Å². The summed E-state index contributed by atoms with van der Waals surface area (Å²) in [6.07, 6.45) is 0. The van der Waals surface area contributed by atoms with Gasteiger partial charge in [0.15, 0.2) is 0 Å². The zero-order valence-corrected chi connectivity index (χ0v) is 12.9. The molecule has 1 fully saturated rings. The minimum absolute atomic E-state index is 0.549. The Morgan fingerprint density at radius 1 is 1.26 bits per heavy atom. The second kappa shape index (κ2) is 5.93. The molecule has 1 aromatic rings. The molecule has 0 aromatic heterocycles. The summed E-state index contributed by atoms with van der Waals surface area (Å²) in [4.78, 5) is 4.79. The molecule has 0 amide bonds. The van der Waals surface area contributed by atoms with Gasteiger partial charge in [0, 0.05) is 37.4 Å². The Balaban J connectivity index is 2.14. The van der Waals surface area contributed by atoms with Crippen LogP contribution in [0, 0.1) is 13.8 Å². The quantitative estimate of drug-likeness (QED) is 0.898. The molecule has 1 aromatic carbocycles. The summed E-state index contributed by atoms with van der Waals surface area (Å²) in [5.41, 5.74) is 4.12. The highest BCUT2D eigenvalue weighted by atomic mass is 15.2. The predicted octanol–water partition coefficient (Wildman–Crippen LogP) is 2.03. The van der Waals surface area contributed by atoms with E-state index < -0.39 is 0 Å². The first-order valence-corrected chi connectivity index (χ1v) is 7.19. The molecule has 3 heteroatoms. The van der Waals surface area contributed by atoms with Gasteiger partial charge in [0.25, 0.3) is 0 Å². The van der Waals surface area contributed by atoms with Crippen LogP contribution in [0.4, 0.5) is 5.69 Å². The third-order valence-electron chi connectivity index (χ3n) is 4.06. The lowest BCUT2D eigenvalue weighted by atomic mass is 10.0.